The molecule has 1 unspecified atom stereocenters. The summed E-state index contributed by atoms with van der Waals surface area (Å²) in [5.74, 6) is -0.136. The number of fused-ring (bicyclic) bond motifs is 1. The number of nitrogens with zero attached hydrogens (tertiary/aromatic N) is 1. The molecule has 0 bridgehead atoms. The van der Waals surface area contributed by atoms with Crippen LogP contribution in [0, 0.1) is 13.8 Å². The van der Waals surface area contributed by atoms with Crippen LogP contribution in [0.25, 0.3) is 6.08 Å². The molecule has 2 aliphatic rings. The minimum Gasteiger partial charge on any atom is -0.406 e. The fourth-order valence-electron chi connectivity index (χ4n) is 5.01. The Kier molecular flexibility index (Phi) is 9.70. The van der Waals surface area contributed by atoms with E-state index < -0.39 is 6.36 Å². The number of hydrogen-bond donors (Lipinski definition) is 3. The molecule has 0 saturated carbocycles. The maximum atomic E-state index is 13.0. The van der Waals surface area contributed by atoms with E-state index in [1.165, 1.54) is 18.2 Å². The molecule has 1 aliphatic carbocycles. The molecule has 2 amide bonds. The highest BCUT2D eigenvalue weighted by Crippen LogP contribution is 2.36. The number of hydrogen-bond acceptors (Lipinski definition) is 5. The molecule has 11 heteroatoms. The number of ether oxygens (including phenoxy) is 1. The van der Waals surface area contributed by atoms with Gasteiger partial charge in [0.15, 0.2) is 0 Å². The van der Waals surface area contributed by atoms with E-state index in [2.05, 4.69) is 39.1 Å². The Bertz CT molecular complexity index is 1390. The van der Waals surface area contributed by atoms with Crippen molar-refractivity contribution in [1.29, 1.82) is 0 Å². The summed E-state index contributed by atoms with van der Waals surface area (Å²) in [4.78, 5) is 31.4. The molecule has 1 aromatic heterocycles. The maximum absolute atomic E-state index is 13.0. The van der Waals surface area contributed by atoms with Crippen molar-refractivity contribution >= 4 is 29.7 Å². The first kappa shape index (κ1) is 30.5. The molecule has 3 N–H and O–H groups in total. The number of H-pyrrole nitrogens is 1. The first-order valence-electron chi connectivity index (χ1n) is 13.6. The lowest BCUT2D eigenvalue weighted by Crippen LogP contribution is -2.35. The summed E-state index contributed by atoms with van der Waals surface area (Å²) in [5.41, 5.74) is 5.50. The Balaban J connectivity index is 1.47. The van der Waals surface area contributed by atoms with Gasteiger partial charge in [0, 0.05) is 46.8 Å². The average molecular weight is 589 g/mol. The van der Waals surface area contributed by atoms with Crippen LogP contribution in [0.3, 0.4) is 0 Å². The Labute approximate surface area is 242 Å². The molecule has 2 heterocycles. The Hall–Kier alpha value is -3.44. The summed E-state index contributed by atoms with van der Waals surface area (Å²) in [5, 5.41) is 5.94. The van der Waals surface area contributed by atoms with Gasteiger partial charge in [0.25, 0.3) is 11.8 Å². The van der Waals surface area contributed by atoms with E-state index in [0.717, 1.165) is 42.2 Å². The molecule has 0 radical (unpaired) electrons. The molecular weight excluding hydrogens is 553 g/mol. The minimum atomic E-state index is -4.74. The average Bonchev–Trinajstić information content (AvgIpc) is 3.38. The maximum Gasteiger partial charge on any atom is 0.573 e. The summed E-state index contributed by atoms with van der Waals surface area (Å²) in [6, 6.07) is 5.96. The number of alkyl halides is 3. The molecule has 0 spiro atoms. The van der Waals surface area contributed by atoms with Crippen molar-refractivity contribution in [3.8, 4) is 5.75 Å². The summed E-state index contributed by atoms with van der Waals surface area (Å²) in [6.45, 7) is 11.0. The molecule has 1 atom stereocenters. The van der Waals surface area contributed by atoms with Crippen LogP contribution >= 0.6 is 11.8 Å². The molecule has 1 aromatic carbocycles. The van der Waals surface area contributed by atoms with Gasteiger partial charge in [0.05, 0.1) is 11.1 Å². The van der Waals surface area contributed by atoms with Gasteiger partial charge >= 0.3 is 6.36 Å². The topological polar surface area (TPSA) is 86.5 Å². The van der Waals surface area contributed by atoms with E-state index >= 15 is 0 Å². The number of likely N-dealkylation sites (N-methyl/N-ethyl adjacent to an activating group) is 1. The number of allylic oxidation sites excluding steroid dienone is 2. The summed E-state index contributed by atoms with van der Waals surface area (Å²) in [6.07, 6.45) is 1.70. The number of rotatable bonds is 11. The molecule has 4 rings (SSSR count). The van der Waals surface area contributed by atoms with Gasteiger partial charge in [-0.2, -0.15) is 0 Å². The Morgan fingerprint density at radius 3 is 2.71 bits per heavy atom. The smallest absolute Gasteiger partial charge is 0.406 e. The third kappa shape index (κ3) is 7.65. The standard InChI is InChI=1S/C30H35F3N4O3S/c1-5-37(6-2)13-12-34-29(39)27-18(3)26(35-19(27)4)16-24-23-15-22(10-11-25(23)36-28(24)38)41-17-20-8-7-9-21(14-20)40-30(31,32)33/h7-9,11,14-16,22,35H,5-6,10,12-13,17H2,1-4H3,(H,34,39)(H,36,38)/b24-16-. The van der Waals surface area contributed by atoms with E-state index in [-0.39, 0.29) is 22.8 Å². The molecular formula is C30H35F3N4O3S. The van der Waals surface area contributed by atoms with Crippen molar-refractivity contribution in [2.24, 2.45) is 0 Å². The fraction of sp³-hybridized carbons (Fsp3) is 0.400. The number of amides is 2. The van der Waals surface area contributed by atoms with Gasteiger partial charge in [0.1, 0.15) is 5.75 Å². The predicted octanol–water partition coefficient (Wildman–Crippen LogP) is 5.63. The van der Waals surface area contributed by atoms with Crippen LogP contribution in [0.5, 0.6) is 5.75 Å². The first-order chi connectivity index (χ1) is 19.5. The highest BCUT2D eigenvalue weighted by molar-refractivity contribution is 7.99. The van der Waals surface area contributed by atoms with Gasteiger partial charge in [-0.25, -0.2) is 0 Å². The van der Waals surface area contributed by atoms with E-state index in [1.807, 2.05) is 26.0 Å². The van der Waals surface area contributed by atoms with Crippen LogP contribution in [-0.4, -0.2) is 59.5 Å². The van der Waals surface area contributed by atoms with Crippen LogP contribution in [0.2, 0.25) is 0 Å². The highest BCUT2D eigenvalue weighted by atomic mass is 32.2. The Morgan fingerprint density at radius 2 is 2.00 bits per heavy atom. The molecule has 7 nitrogen and oxygen atoms in total. The first-order valence-corrected chi connectivity index (χ1v) is 14.7. The van der Waals surface area contributed by atoms with Crippen molar-refractivity contribution < 1.29 is 27.5 Å². The summed E-state index contributed by atoms with van der Waals surface area (Å²) >= 11 is 1.57. The Morgan fingerprint density at radius 1 is 1.24 bits per heavy atom. The largest absolute Gasteiger partial charge is 0.573 e. The van der Waals surface area contributed by atoms with Crippen molar-refractivity contribution in [1.82, 2.24) is 20.5 Å². The number of aromatic nitrogens is 1. The van der Waals surface area contributed by atoms with E-state index in [1.54, 1.807) is 23.9 Å². The quantitative estimate of drug-likeness (QED) is 0.296. The van der Waals surface area contributed by atoms with E-state index in [0.29, 0.717) is 41.1 Å². The number of thioether (sulfide) groups is 1. The van der Waals surface area contributed by atoms with Crippen molar-refractivity contribution in [3.63, 3.8) is 0 Å². The second kappa shape index (κ2) is 13.0. The van der Waals surface area contributed by atoms with Crippen molar-refractivity contribution in [2.45, 2.75) is 51.5 Å². The zero-order chi connectivity index (χ0) is 29.7. The van der Waals surface area contributed by atoms with Crippen LogP contribution < -0.4 is 15.4 Å². The highest BCUT2D eigenvalue weighted by Gasteiger charge is 2.32. The second-order valence-electron chi connectivity index (χ2n) is 9.94. The van der Waals surface area contributed by atoms with Gasteiger partial charge in [-0.3, -0.25) is 9.59 Å². The van der Waals surface area contributed by atoms with Gasteiger partial charge in [0.2, 0.25) is 0 Å². The fourth-order valence-corrected chi connectivity index (χ4v) is 6.06. The van der Waals surface area contributed by atoms with Crippen molar-refractivity contribution in [3.05, 3.63) is 81.3 Å². The van der Waals surface area contributed by atoms with E-state index in [9.17, 15) is 22.8 Å². The SMILES string of the molecule is CCN(CC)CCNC(=O)c1c(C)[nH]c(/C=C2\C(=O)NC3=CCC(SCc4cccc(OC(F)(F)F)c4)C=C32)c1C. The van der Waals surface area contributed by atoms with Crippen LogP contribution in [0.4, 0.5) is 13.2 Å². The lowest BCUT2D eigenvalue weighted by Gasteiger charge is -2.18. The number of carbonyl (C=O) groups is 2. The molecule has 2 aromatic rings. The predicted molar refractivity (Wildman–Crippen MR) is 155 cm³/mol. The minimum absolute atomic E-state index is 0.0238. The van der Waals surface area contributed by atoms with E-state index in [4.69, 9.17) is 0 Å². The number of aromatic amines is 1. The summed E-state index contributed by atoms with van der Waals surface area (Å²) in [7, 11) is 0. The molecule has 1 saturated heterocycles. The number of aryl methyl sites for hydroxylation is 1. The molecule has 1 fully saturated rings. The van der Waals surface area contributed by atoms with Gasteiger partial charge in [-0.1, -0.05) is 38.1 Å². The number of halogens is 3. The van der Waals surface area contributed by atoms with Crippen LogP contribution in [0.15, 0.2) is 53.3 Å². The van der Waals surface area contributed by atoms with Gasteiger partial charge in [-0.15, -0.1) is 24.9 Å². The summed E-state index contributed by atoms with van der Waals surface area (Å²) < 4.78 is 41.8. The lowest BCUT2D eigenvalue weighted by molar-refractivity contribution is -0.274. The van der Waals surface area contributed by atoms with Crippen LogP contribution in [-0.2, 0) is 10.5 Å². The van der Waals surface area contributed by atoms with Crippen LogP contribution in [0.1, 0.15) is 53.1 Å². The number of nitrogens with one attached hydrogen (secondary N) is 3. The van der Waals surface area contributed by atoms with Crippen molar-refractivity contribution in [2.75, 3.05) is 26.2 Å². The van der Waals surface area contributed by atoms with Gasteiger partial charge < -0.3 is 25.3 Å². The monoisotopic (exact) mass is 588 g/mol. The second-order valence-corrected chi connectivity index (χ2v) is 11.2. The molecule has 220 valence electrons. The third-order valence-electron chi connectivity index (χ3n) is 7.18. The third-order valence-corrected chi connectivity index (χ3v) is 8.43. The number of benzene rings is 1. The zero-order valence-electron chi connectivity index (χ0n) is 23.6. The normalized spacial score (nSPS) is 17.8. The zero-order valence-corrected chi connectivity index (χ0v) is 24.4. The molecule has 41 heavy (non-hydrogen) atoms. The molecule has 1 aliphatic heterocycles. The lowest BCUT2D eigenvalue weighted by atomic mass is 9.98. The van der Waals surface area contributed by atoms with Gasteiger partial charge in [-0.05, 0) is 62.7 Å². The number of carbonyl (C=O) groups excluding carboxylic acids is 2.